The highest BCUT2D eigenvalue weighted by Gasteiger charge is 2.34. The van der Waals surface area contributed by atoms with E-state index in [2.05, 4.69) is 4.90 Å². The molecule has 3 fully saturated rings. The van der Waals surface area contributed by atoms with Crippen LogP contribution in [0.25, 0.3) is 0 Å². The number of amides is 1. The molecule has 3 heterocycles. The first kappa shape index (κ1) is 16.2. The fourth-order valence-electron chi connectivity index (χ4n) is 3.75. The Bertz CT molecular complexity index is 366. The molecule has 3 aliphatic heterocycles. The molecule has 2 N–H and O–H groups in total. The summed E-state index contributed by atoms with van der Waals surface area (Å²) < 4.78 is 11.1. The van der Waals surface area contributed by atoms with Gasteiger partial charge in [0, 0.05) is 39.3 Å². The molecule has 3 rings (SSSR count). The summed E-state index contributed by atoms with van der Waals surface area (Å²) in [6.07, 6.45) is 3.79. The van der Waals surface area contributed by atoms with E-state index in [1.165, 1.54) is 0 Å². The average Bonchev–Trinajstić information content (AvgIpc) is 3.05. The molecule has 6 heteroatoms. The van der Waals surface area contributed by atoms with Crippen molar-refractivity contribution in [1.82, 2.24) is 9.80 Å². The highest BCUT2D eigenvalue weighted by molar-refractivity contribution is 5.81. The Kier molecular flexibility index (Phi) is 5.68. The second kappa shape index (κ2) is 7.73. The minimum absolute atomic E-state index is 0.0767. The van der Waals surface area contributed by atoms with Crippen LogP contribution in [-0.2, 0) is 14.3 Å². The first-order valence-corrected chi connectivity index (χ1v) is 8.70. The lowest BCUT2D eigenvalue weighted by molar-refractivity contribution is -0.144. The maximum absolute atomic E-state index is 12.5. The Morgan fingerprint density at radius 3 is 2.41 bits per heavy atom. The minimum Gasteiger partial charge on any atom is -0.379 e. The van der Waals surface area contributed by atoms with Crippen molar-refractivity contribution >= 4 is 5.91 Å². The predicted octanol–water partition coefficient (Wildman–Crippen LogP) is 0.0635. The van der Waals surface area contributed by atoms with Crippen LogP contribution in [0.4, 0.5) is 0 Å². The number of likely N-dealkylation sites (tertiary alicyclic amines) is 1. The van der Waals surface area contributed by atoms with Gasteiger partial charge in [-0.25, -0.2) is 0 Å². The van der Waals surface area contributed by atoms with Gasteiger partial charge in [-0.05, 0) is 31.6 Å². The summed E-state index contributed by atoms with van der Waals surface area (Å²) in [6.45, 7) is 7.25. The maximum atomic E-state index is 12.5. The Morgan fingerprint density at radius 1 is 1.05 bits per heavy atom. The van der Waals surface area contributed by atoms with Crippen LogP contribution in [0.2, 0.25) is 0 Å². The lowest BCUT2D eigenvalue weighted by Crippen LogP contribution is -2.46. The summed E-state index contributed by atoms with van der Waals surface area (Å²) in [5.74, 6) is 0.893. The second-order valence-corrected chi connectivity index (χ2v) is 6.74. The van der Waals surface area contributed by atoms with E-state index in [-0.39, 0.29) is 18.1 Å². The minimum atomic E-state index is -0.246. The van der Waals surface area contributed by atoms with Crippen molar-refractivity contribution in [2.45, 2.75) is 37.9 Å². The van der Waals surface area contributed by atoms with Crippen molar-refractivity contribution in [3.8, 4) is 0 Å². The normalized spacial score (nSPS) is 31.6. The molecule has 126 valence electrons. The van der Waals surface area contributed by atoms with Gasteiger partial charge in [0.25, 0.3) is 5.91 Å². The van der Waals surface area contributed by atoms with Gasteiger partial charge >= 0.3 is 0 Å². The van der Waals surface area contributed by atoms with Crippen LogP contribution in [-0.4, -0.2) is 80.4 Å². The van der Waals surface area contributed by atoms with E-state index >= 15 is 0 Å². The monoisotopic (exact) mass is 311 g/mol. The van der Waals surface area contributed by atoms with Gasteiger partial charge < -0.3 is 20.1 Å². The quantitative estimate of drug-likeness (QED) is 0.795. The summed E-state index contributed by atoms with van der Waals surface area (Å²) in [7, 11) is 0. The first-order chi connectivity index (χ1) is 10.8. The van der Waals surface area contributed by atoms with Gasteiger partial charge in [0.1, 0.15) is 6.10 Å². The second-order valence-electron chi connectivity index (χ2n) is 6.74. The molecule has 3 saturated heterocycles. The van der Waals surface area contributed by atoms with Crippen molar-refractivity contribution in [3.63, 3.8) is 0 Å². The number of hydrogen-bond donors (Lipinski definition) is 1. The summed E-state index contributed by atoms with van der Waals surface area (Å²) in [5.41, 5.74) is 5.62. The SMILES string of the molecule is NC[C@H]1CC[C@@H](C(=O)N2CCC(CN3CCOCC3)CC2)O1. The highest BCUT2D eigenvalue weighted by Crippen LogP contribution is 2.24. The standard InChI is InChI=1S/C16H29N3O3/c17-11-14-1-2-15(22-14)16(20)19-5-3-13(4-6-19)12-18-7-9-21-10-8-18/h13-15H,1-12,17H2/t14-,15+/m1/s1. The molecule has 0 aliphatic carbocycles. The van der Waals surface area contributed by atoms with E-state index in [1.807, 2.05) is 4.90 Å². The molecule has 0 aromatic carbocycles. The van der Waals surface area contributed by atoms with Crippen LogP contribution in [0.5, 0.6) is 0 Å². The zero-order valence-corrected chi connectivity index (χ0v) is 13.4. The first-order valence-electron chi connectivity index (χ1n) is 8.70. The Hall–Kier alpha value is -0.690. The number of piperidine rings is 1. The van der Waals surface area contributed by atoms with Gasteiger partial charge in [0.2, 0.25) is 0 Å². The Morgan fingerprint density at radius 2 is 1.77 bits per heavy atom. The zero-order valence-electron chi connectivity index (χ0n) is 13.4. The number of nitrogens with zero attached hydrogens (tertiary/aromatic N) is 2. The van der Waals surface area contributed by atoms with Gasteiger partial charge in [-0.2, -0.15) is 0 Å². The van der Waals surface area contributed by atoms with Crippen LogP contribution in [0.15, 0.2) is 0 Å². The molecule has 0 aromatic heterocycles. The van der Waals surface area contributed by atoms with E-state index in [0.29, 0.717) is 12.5 Å². The third-order valence-corrected chi connectivity index (χ3v) is 5.19. The molecule has 0 saturated carbocycles. The molecule has 6 nitrogen and oxygen atoms in total. The number of ether oxygens (including phenoxy) is 2. The molecule has 1 amide bonds. The van der Waals surface area contributed by atoms with Crippen molar-refractivity contribution in [1.29, 1.82) is 0 Å². The van der Waals surface area contributed by atoms with Crippen LogP contribution in [0, 0.1) is 5.92 Å². The van der Waals surface area contributed by atoms with E-state index < -0.39 is 0 Å². The van der Waals surface area contributed by atoms with E-state index in [1.54, 1.807) is 0 Å². The van der Waals surface area contributed by atoms with Crippen molar-refractivity contribution in [3.05, 3.63) is 0 Å². The van der Waals surface area contributed by atoms with Crippen LogP contribution in [0.1, 0.15) is 25.7 Å². The van der Waals surface area contributed by atoms with Crippen LogP contribution >= 0.6 is 0 Å². The Labute approximate surface area is 132 Å². The number of rotatable bonds is 4. The smallest absolute Gasteiger partial charge is 0.251 e. The summed E-state index contributed by atoms with van der Waals surface area (Å²) in [4.78, 5) is 17.0. The predicted molar refractivity (Wildman–Crippen MR) is 83.5 cm³/mol. The van der Waals surface area contributed by atoms with Crippen molar-refractivity contribution in [2.75, 3.05) is 52.5 Å². The fourth-order valence-corrected chi connectivity index (χ4v) is 3.75. The molecule has 0 bridgehead atoms. The molecular formula is C16H29N3O3. The lowest BCUT2D eigenvalue weighted by Gasteiger charge is -2.36. The maximum Gasteiger partial charge on any atom is 0.251 e. The molecule has 3 aliphatic rings. The average molecular weight is 311 g/mol. The molecule has 0 unspecified atom stereocenters. The van der Waals surface area contributed by atoms with Gasteiger partial charge in [-0.3, -0.25) is 9.69 Å². The number of carbonyl (C=O) groups excluding carboxylic acids is 1. The van der Waals surface area contributed by atoms with Gasteiger partial charge in [0.15, 0.2) is 0 Å². The van der Waals surface area contributed by atoms with Crippen molar-refractivity contribution < 1.29 is 14.3 Å². The molecular weight excluding hydrogens is 282 g/mol. The van der Waals surface area contributed by atoms with Crippen molar-refractivity contribution in [2.24, 2.45) is 11.7 Å². The third kappa shape index (κ3) is 3.98. The van der Waals surface area contributed by atoms with Crippen LogP contribution in [0.3, 0.4) is 0 Å². The lowest BCUT2D eigenvalue weighted by atomic mass is 9.95. The number of morpholine rings is 1. The number of hydrogen-bond acceptors (Lipinski definition) is 5. The zero-order chi connectivity index (χ0) is 15.4. The largest absolute Gasteiger partial charge is 0.379 e. The molecule has 0 spiro atoms. The summed E-state index contributed by atoms with van der Waals surface area (Å²) in [5, 5.41) is 0. The molecule has 22 heavy (non-hydrogen) atoms. The van der Waals surface area contributed by atoms with Gasteiger partial charge in [-0.1, -0.05) is 0 Å². The molecule has 0 radical (unpaired) electrons. The molecule has 0 aromatic rings. The Balaban J connectivity index is 1.40. The number of carbonyl (C=O) groups is 1. The van der Waals surface area contributed by atoms with E-state index in [9.17, 15) is 4.79 Å². The summed E-state index contributed by atoms with van der Waals surface area (Å²) >= 11 is 0. The number of nitrogens with two attached hydrogens (primary N) is 1. The molecule has 2 atom stereocenters. The van der Waals surface area contributed by atoms with Gasteiger partial charge in [0.05, 0.1) is 19.3 Å². The fraction of sp³-hybridized carbons (Fsp3) is 0.938. The topological polar surface area (TPSA) is 68.0 Å². The highest BCUT2D eigenvalue weighted by atomic mass is 16.5. The summed E-state index contributed by atoms with van der Waals surface area (Å²) in [6, 6.07) is 0. The van der Waals surface area contributed by atoms with E-state index in [0.717, 1.165) is 71.6 Å². The van der Waals surface area contributed by atoms with Crippen LogP contribution < -0.4 is 5.73 Å². The van der Waals surface area contributed by atoms with Gasteiger partial charge in [-0.15, -0.1) is 0 Å². The third-order valence-electron chi connectivity index (χ3n) is 5.19. The van der Waals surface area contributed by atoms with E-state index in [4.69, 9.17) is 15.2 Å².